The Morgan fingerprint density at radius 1 is 1.22 bits per heavy atom. The van der Waals surface area contributed by atoms with Gasteiger partial charge in [0.15, 0.2) is 5.69 Å². The second kappa shape index (κ2) is 8.78. The average Bonchev–Trinajstić information content (AvgIpc) is 3.33. The lowest BCUT2D eigenvalue weighted by Crippen LogP contribution is -2.37. The van der Waals surface area contributed by atoms with Gasteiger partial charge in [0.25, 0.3) is 11.8 Å². The van der Waals surface area contributed by atoms with E-state index in [0.29, 0.717) is 37.3 Å². The van der Waals surface area contributed by atoms with Gasteiger partial charge in [-0.25, -0.2) is 0 Å². The van der Waals surface area contributed by atoms with Gasteiger partial charge in [0.05, 0.1) is 19.2 Å². The summed E-state index contributed by atoms with van der Waals surface area (Å²) < 4.78 is 7.20. The number of benzene rings is 1. The molecule has 2 amide bonds. The molecule has 0 radical (unpaired) electrons. The zero-order valence-corrected chi connectivity index (χ0v) is 18.9. The maximum absolute atomic E-state index is 12.9. The zero-order chi connectivity index (χ0) is 22.1. The Labute approximate surface area is 191 Å². The zero-order valence-electron chi connectivity index (χ0n) is 18.0. The first kappa shape index (κ1) is 20.8. The summed E-state index contributed by atoms with van der Waals surface area (Å²) in [4.78, 5) is 27.7. The van der Waals surface area contributed by atoms with Crippen LogP contribution in [0.2, 0.25) is 0 Å². The van der Waals surface area contributed by atoms with E-state index in [9.17, 15) is 9.59 Å². The fourth-order valence-electron chi connectivity index (χ4n) is 4.11. The molecule has 7 nitrogen and oxygen atoms in total. The predicted octanol–water partition coefficient (Wildman–Crippen LogP) is 3.29. The van der Waals surface area contributed by atoms with Crippen molar-refractivity contribution in [1.29, 1.82) is 0 Å². The van der Waals surface area contributed by atoms with Gasteiger partial charge < -0.3 is 15.0 Å². The van der Waals surface area contributed by atoms with Crippen molar-refractivity contribution in [3.63, 3.8) is 0 Å². The Balaban J connectivity index is 1.38. The molecular formula is C24H26N4O3S. The van der Waals surface area contributed by atoms with Crippen LogP contribution in [0.4, 0.5) is 0 Å². The van der Waals surface area contributed by atoms with E-state index < -0.39 is 0 Å². The van der Waals surface area contributed by atoms with E-state index in [1.54, 1.807) is 7.11 Å². The van der Waals surface area contributed by atoms with E-state index in [1.807, 2.05) is 38.5 Å². The Hall–Kier alpha value is -3.13. The molecule has 1 aliphatic carbocycles. The van der Waals surface area contributed by atoms with Crippen molar-refractivity contribution in [1.82, 2.24) is 20.0 Å². The summed E-state index contributed by atoms with van der Waals surface area (Å²) in [5.74, 6) is 0.716. The highest BCUT2D eigenvalue weighted by Gasteiger charge is 2.32. The molecule has 1 N–H and O–H groups in total. The van der Waals surface area contributed by atoms with Crippen molar-refractivity contribution >= 4 is 23.2 Å². The van der Waals surface area contributed by atoms with Crippen molar-refractivity contribution < 1.29 is 14.3 Å². The van der Waals surface area contributed by atoms with E-state index in [4.69, 9.17) is 9.84 Å². The number of fused-ring (bicyclic) bond motifs is 1. The molecule has 1 aliphatic heterocycles. The number of carbonyl (C=O) groups is 2. The Bertz CT molecular complexity index is 1120. The molecule has 0 bridgehead atoms. The maximum Gasteiger partial charge on any atom is 0.272 e. The lowest BCUT2D eigenvalue weighted by atomic mass is 10.0. The van der Waals surface area contributed by atoms with Gasteiger partial charge in [-0.3, -0.25) is 14.3 Å². The fourth-order valence-corrected chi connectivity index (χ4v) is 4.74. The third-order valence-corrected chi connectivity index (χ3v) is 6.77. The number of nitrogens with zero attached hydrogens (tertiary/aromatic N) is 3. The van der Waals surface area contributed by atoms with E-state index in [2.05, 4.69) is 17.4 Å². The summed E-state index contributed by atoms with van der Waals surface area (Å²) in [6.45, 7) is 1.73. The van der Waals surface area contributed by atoms with Crippen molar-refractivity contribution in [2.24, 2.45) is 0 Å². The minimum absolute atomic E-state index is 0.0106. The summed E-state index contributed by atoms with van der Waals surface area (Å²) in [6, 6.07) is 10.1. The summed E-state index contributed by atoms with van der Waals surface area (Å²) in [5, 5.41) is 11.6. The number of rotatable bonds is 7. The lowest BCUT2D eigenvalue weighted by Gasteiger charge is -2.27. The average molecular weight is 451 g/mol. The molecule has 1 fully saturated rings. The highest BCUT2D eigenvalue weighted by Crippen LogP contribution is 2.26. The van der Waals surface area contributed by atoms with Crippen LogP contribution in [0.25, 0.3) is 0 Å². The Morgan fingerprint density at radius 3 is 2.72 bits per heavy atom. The third kappa shape index (κ3) is 4.27. The number of hydrogen-bond donors (Lipinski definition) is 1. The molecule has 0 saturated heterocycles. The standard InChI is InChI=1S/C24H26N4O3S/c1-31-19-6-2-16(3-7-19)8-12-28-21-9-11-27(24(30)17-10-13-32-15-17)14-20(21)22(26-28)23(29)25-18-4-5-18/h2-3,6-7,10,13,15,18H,4-5,8-9,11-12,14H2,1H3,(H,25,29). The first-order valence-corrected chi connectivity index (χ1v) is 11.9. The first-order valence-electron chi connectivity index (χ1n) is 11.0. The maximum atomic E-state index is 12.9. The Kier molecular flexibility index (Phi) is 5.70. The van der Waals surface area contributed by atoms with Gasteiger partial charge in [0.2, 0.25) is 0 Å². The second-order valence-corrected chi connectivity index (χ2v) is 9.11. The summed E-state index contributed by atoms with van der Waals surface area (Å²) in [5.41, 5.74) is 4.30. The molecule has 5 rings (SSSR count). The predicted molar refractivity (Wildman–Crippen MR) is 122 cm³/mol. The van der Waals surface area contributed by atoms with E-state index in [1.165, 1.54) is 16.9 Å². The molecular weight excluding hydrogens is 424 g/mol. The molecule has 1 saturated carbocycles. The molecule has 8 heteroatoms. The van der Waals surface area contributed by atoms with E-state index in [-0.39, 0.29) is 17.9 Å². The van der Waals surface area contributed by atoms with Crippen molar-refractivity contribution in [3.8, 4) is 5.75 Å². The quantitative estimate of drug-likeness (QED) is 0.599. The number of hydrogen-bond acceptors (Lipinski definition) is 5. The molecule has 0 unspecified atom stereocenters. The normalized spacial score (nSPS) is 15.3. The van der Waals surface area contributed by atoms with Gasteiger partial charge in [-0.2, -0.15) is 16.4 Å². The molecule has 32 heavy (non-hydrogen) atoms. The van der Waals surface area contributed by atoms with Gasteiger partial charge in [-0.05, 0) is 48.4 Å². The number of ether oxygens (including phenoxy) is 1. The molecule has 0 atom stereocenters. The molecule has 3 heterocycles. The molecule has 1 aromatic carbocycles. The van der Waals surface area contributed by atoms with E-state index >= 15 is 0 Å². The number of amides is 2. The number of thiophene rings is 1. The number of aryl methyl sites for hydroxylation is 2. The van der Waals surface area contributed by atoms with Gasteiger partial charge in [-0.15, -0.1) is 0 Å². The molecule has 2 aromatic heterocycles. The smallest absolute Gasteiger partial charge is 0.272 e. The highest BCUT2D eigenvalue weighted by molar-refractivity contribution is 7.08. The lowest BCUT2D eigenvalue weighted by molar-refractivity contribution is 0.0731. The van der Waals surface area contributed by atoms with Crippen molar-refractivity contribution in [3.05, 3.63) is 69.2 Å². The largest absolute Gasteiger partial charge is 0.497 e. The van der Waals surface area contributed by atoms with Crippen LogP contribution in [0.1, 0.15) is 50.5 Å². The Morgan fingerprint density at radius 2 is 2.03 bits per heavy atom. The van der Waals surface area contributed by atoms with Crippen LogP contribution >= 0.6 is 11.3 Å². The number of carbonyl (C=O) groups excluding carboxylic acids is 2. The van der Waals surface area contributed by atoms with Crippen LogP contribution in [0.5, 0.6) is 5.75 Å². The van der Waals surface area contributed by atoms with Crippen LogP contribution in [-0.4, -0.2) is 46.2 Å². The SMILES string of the molecule is COc1ccc(CCn2nc(C(=O)NC3CC3)c3c2CCN(C(=O)c2ccsc2)C3)cc1. The summed E-state index contributed by atoms with van der Waals surface area (Å²) in [7, 11) is 1.66. The van der Waals surface area contributed by atoms with Crippen LogP contribution in [-0.2, 0) is 25.9 Å². The molecule has 3 aromatic rings. The summed E-state index contributed by atoms with van der Waals surface area (Å²) >= 11 is 1.51. The highest BCUT2D eigenvalue weighted by atomic mass is 32.1. The van der Waals surface area contributed by atoms with Crippen LogP contribution in [0, 0.1) is 0 Å². The minimum atomic E-state index is -0.128. The summed E-state index contributed by atoms with van der Waals surface area (Å²) in [6.07, 6.45) is 3.54. The minimum Gasteiger partial charge on any atom is -0.497 e. The monoisotopic (exact) mass is 450 g/mol. The molecule has 0 spiro atoms. The van der Waals surface area contributed by atoms with Gasteiger partial charge >= 0.3 is 0 Å². The second-order valence-electron chi connectivity index (χ2n) is 8.33. The van der Waals surface area contributed by atoms with Gasteiger partial charge in [0.1, 0.15) is 5.75 Å². The van der Waals surface area contributed by atoms with E-state index in [0.717, 1.165) is 36.3 Å². The fraction of sp³-hybridized carbons (Fsp3) is 0.375. The van der Waals surface area contributed by atoms with Gasteiger partial charge in [0, 0.05) is 42.2 Å². The number of nitrogens with one attached hydrogen (secondary N) is 1. The van der Waals surface area contributed by atoms with Crippen LogP contribution in [0.3, 0.4) is 0 Å². The first-order chi connectivity index (χ1) is 15.6. The van der Waals surface area contributed by atoms with Crippen LogP contribution in [0.15, 0.2) is 41.1 Å². The van der Waals surface area contributed by atoms with Gasteiger partial charge in [-0.1, -0.05) is 12.1 Å². The molecule has 2 aliphatic rings. The van der Waals surface area contributed by atoms with Crippen LogP contribution < -0.4 is 10.1 Å². The third-order valence-electron chi connectivity index (χ3n) is 6.09. The molecule has 166 valence electrons. The number of aromatic nitrogens is 2. The topological polar surface area (TPSA) is 76.5 Å². The number of methoxy groups -OCH3 is 1. The van der Waals surface area contributed by atoms with Crippen molar-refractivity contribution in [2.45, 2.75) is 44.8 Å². The van der Waals surface area contributed by atoms with Crippen molar-refractivity contribution in [2.75, 3.05) is 13.7 Å².